The SMILES string of the molecule is CC(C)=CCN1C(=O)N/C(=C\c2c(C)[nH]n(-c3ccccc3)c2=O)C1=O. The number of rotatable bonds is 4. The second kappa shape index (κ2) is 6.87. The first kappa shape index (κ1) is 17.5. The second-order valence-corrected chi connectivity index (χ2v) is 6.31. The highest BCUT2D eigenvalue weighted by molar-refractivity contribution is 6.14. The van der Waals surface area contributed by atoms with Crippen molar-refractivity contribution in [2.45, 2.75) is 20.8 Å². The molecule has 1 fully saturated rings. The number of allylic oxidation sites excluding steroid dienone is 1. The van der Waals surface area contributed by atoms with Gasteiger partial charge in [-0.2, -0.15) is 0 Å². The van der Waals surface area contributed by atoms with Crippen LogP contribution in [-0.2, 0) is 4.79 Å². The fraction of sp³-hybridized carbons (Fsp3) is 0.211. The van der Waals surface area contributed by atoms with Gasteiger partial charge in [0.05, 0.1) is 11.3 Å². The minimum Gasteiger partial charge on any atom is -0.303 e. The van der Waals surface area contributed by atoms with Crippen LogP contribution < -0.4 is 10.9 Å². The van der Waals surface area contributed by atoms with E-state index in [0.29, 0.717) is 16.9 Å². The van der Waals surface area contributed by atoms with E-state index in [-0.39, 0.29) is 17.8 Å². The fourth-order valence-electron chi connectivity index (χ4n) is 2.64. The van der Waals surface area contributed by atoms with E-state index < -0.39 is 11.9 Å². The summed E-state index contributed by atoms with van der Waals surface area (Å²) >= 11 is 0. The van der Waals surface area contributed by atoms with Crippen molar-refractivity contribution in [2.75, 3.05) is 6.54 Å². The topological polar surface area (TPSA) is 87.2 Å². The molecule has 0 saturated carbocycles. The van der Waals surface area contributed by atoms with Crippen molar-refractivity contribution in [3.05, 3.63) is 69.3 Å². The van der Waals surface area contributed by atoms with Crippen LogP contribution in [0.15, 0.2) is 52.5 Å². The van der Waals surface area contributed by atoms with Crippen molar-refractivity contribution in [3.63, 3.8) is 0 Å². The molecule has 0 atom stereocenters. The van der Waals surface area contributed by atoms with Gasteiger partial charge in [-0.3, -0.25) is 19.6 Å². The van der Waals surface area contributed by atoms with E-state index in [9.17, 15) is 14.4 Å². The molecule has 1 aliphatic heterocycles. The normalized spacial score (nSPS) is 15.5. The Kier molecular flexibility index (Phi) is 4.62. The maximum atomic E-state index is 12.7. The summed E-state index contributed by atoms with van der Waals surface area (Å²) in [7, 11) is 0. The Balaban J connectivity index is 1.95. The second-order valence-electron chi connectivity index (χ2n) is 6.31. The summed E-state index contributed by atoms with van der Waals surface area (Å²) < 4.78 is 1.41. The molecule has 0 radical (unpaired) electrons. The summed E-state index contributed by atoms with van der Waals surface area (Å²) in [4.78, 5) is 38.3. The lowest BCUT2D eigenvalue weighted by Gasteiger charge is -2.08. The number of nitrogens with one attached hydrogen (secondary N) is 2. The molecule has 3 rings (SSSR count). The van der Waals surface area contributed by atoms with Gasteiger partial charge in [-0.15, -0.1) is 0 Å². The van der Waals surface area contributed by atoms with Crippen LogP contribution in [0.3, 0.4) is 0 Å². The Morgan fingerprint density at radius 3 is 2.46 bits per heavy atom. The Hall–Kier alpha value is -3.35. The molecule has 2 N–H and O–H groups in total. The largest absolute Gasteiger partial charge is 0.329 e. The van der Waals surface area contributed by atoms with Crippen LogP contribution in [0.2, 0.25) is 0 Å². The van der Waals surface area contributed by atoms with E-state index in [0.717, 1.165) is 10.5 Å². The molecule has 1 saturated heterocycles. The number of carbonyl (C=O) groups is 2. The fourth-order valence-corrected chi connectivity index (χ4v) is 2.64. The highest BCUT2D eigenvalue weighted by atomic mass is 16.2. The average molecular weight is 352 g/mol. The number of para-hydroxylation sites is 1. The van der Waals surface area contributed by atoms with Gasteiger partial charge in [-0.1, -0.05) is 29.8 Å². The molecule has 3 amide bonds. The Labute approximate surface area is 150 Å². The average Bonchev–Trinajstić information content (AvgIpc) is 3.04. The van der Waals surface area contributed by atoms with Crippen molar-refractivity contribution < 1.29 is 9.59 Å². The lowest BCUT2D eigenvalue weighted by Crippen LogP contribution is -2.31. The summed E-state index contributed by atoms with van der Waals surface area (Å²) in [5, 5.41) is 5.53. The number of aromatic amines is 1. The Bertz CT molecular complexity index is 976. The van der Waals surface area contributed by atoms with E-state index in [2.05, 4.69) is 10.4 Å². The number of benzene rings is 1. The molecule has 0 unspecified atom stereocenters. The van der Waals surface area contributed by atoms with E-state index in [4.69, 9.17) is 0 Å². The van der Waals surface area contributed by atoms with Crippen LogP contribution in [0.1, 0.15) is 25.1 Å². The van der Waals surface area contributed by atoms with Crippen LogP contribution in [0.25, 0.3) is 11.8 Å². The minimum atomic E-state index is -0.490. The quantitative estimate of drug-likeness (QED) is 0.503. The molecular formula is C19H20N4O3. The zero-order chi connectivity index (χ0) is 18.8. The van der Waals surface area contributed by atoms with Crippen molar-refractivity contribution in [2.24, 2.45) is 0 Å². The minimum absolute atomic E-state index is 0.0940. The zero-order valence-corrected chi connectivity index (χ0v) is 14.9. The highest BCUT2D eigenvalue weighted by Crippen LogP contribution is 2.15. The molecule has 0 aliphatic carbocycles. The van der Waals surface area contributed by atoms with Gasteiger partial charge in [-0.05, 0) is 39.0 Å². The standard InChI is InChI=1S/C19H20N4O3/c1-12(2)9-10-22-18(25)16(20-19(22)26)11-15-13(3)21-23(17(15)24)14-7-5-4-6-8-14/h4-9,11,21H,10H2,1-3H3,(H,20,26)/b16-11-. The first-order valence-corrected chi connectivity index (χ1v) is 8.23. The Morgan fingerprint density at radius 1 is 1.12 bits per heavy atom. The van der Waals surface area contributed by atoms with Gasteiger partial charge in [0.2, 0.25) is 0 Å². The molecule has 7 heteroatoms. The monoisotopic (exact) mass is 352 g/mol. The number of aryl methyl sites for hydroxylation is 1. The first-order valence-electron chi connectivity index (χ1n) is 8.23. The number of imide groups is 1. The molecule has 2 heterocycles. The number of amides is 3. The summed E-state index contributed by atoms with van der Waals surface area (Å²) in [6, 6.07) is 8.64. The van der Waals surface area contributed by atoms with Crippen molar-refractivity contribution in [1.29, 1.82) is 0 Å². The van der Waals surface area contributed by atoms with Gasteiger partial charge in [0.1, 0.15) is 5.70 Å². The van der Waals surface area contributed by atoms with Crippen molar-refractivity contribution in [1.82, 2.24) is 20.0 Å². The van der Waals surface area contributed by atoms with Crippen LogP contribution in [0.4, 0.5) is 4.79 Å². The number of H-pyrrole nitrogens is 1. The molecule has 134 valence electrons. The predicted molar refractivity (Wildman–Crippen MR) is 98.8 cm³/mol. The van der Waals surface area contributed by atoms with E-state index in [1.165, 1.54) is 10.8 Å². The molecule has 7 nitrogen and oxygen atoms in total. The first-order chi connectivity index (χ1) is 12.4. The third-order valence-corrected chi connectivity index (χ3v) is 4.06. The van der Waals surface area contributed by atoms with Gasteiger partial charge in [-0.25, -0.2) is 9.48 Å². The van der Waals surface area contributed by atoms with E-state index in [1.54, 1.807) is 25.1 Å². The van der Waals surface area contributed by atoms with Gasteiger partial charge in [0.25, 0.3) is 11.5 Å². The number of nitrogens with zero attached hydrogens (tertiary/aromatic N) is 2. The maximum absolute atomic E-state index is 12.7. The van der Waals surface area contributed by atoms with E-state index in [1.807, 2.05) is 32.0 Å². The third kappa shape index (κ3) is 3.23. The zero-order valence-electron chi connectivity index (χ0n) is 14.9. The molecule has 2 aromatic rings. The summed E-state index contributed by atoms with van der Waals surface area (Å²) in [6.45, 7) is 5.73. The number of hydrogen-bond donors (Lipinski definition) is 2. The number of hydrogen-bond acceptors (Lipinski definition) is 3. The molecule has 1 aliphatic rings. The van der Waals surface area contributed by atoms with Gasteiger partial charge in [0, 0.05) is 12.2 Å². The molecule has 0 spiro atoms. The third-order valence-electron chi connectivity index (χ3n) is 4.06. The van der Waals surface area contributed by atoms with Crippen LogP contribution >= 0.6 is 0 Å². The number of carbonyl (C=O) groups excluding carboxylic acids is 2. The predicted octanol–water partition coefficient (Wildman–Crippen LogP) is 2.33. The summed E-state index contributed by atoms with van der Waals surface area (Å²) in [6.07, 6.45) is 3.22. The van der Waals surface area contributed by atoms with Gasteiger partial charge in [0.15, 0.2) is 0 Å². The van der Waals surface area contributed by atoms with Crippen LogP contribution in [0, 0.1) is 6.92 Å². The van der Waals surface area contributed by atoms with Crippen LogP contribution in [-0.4, -0.2) is 33.2 Å². The maximum Gasteiger partial charge on any atom is 0.329 e. The Morgan fingerprint density at radius 2 is 1.81 bits per heavy atom. The lowest BCUT2D eigenvalue weighted by atomic mass is 10.2. The van der Waals surface area contributed by atoms with Crippen molar-refractivity contribution >= 4 is 18.0 Å². The number of urea groups is 1. The summed E-state index contributed by atoms with van der Waals surface area (Å²) in [5.74, 6) is -0.446. The molecule has 1 aromatic heterocycles. The van der Waals surface area contributed by atoms with Crippen molar-refractivity contribution in [3.8, 4) is 5.69 Å². The van der Waals surface area contributed by atoms with E-state index >= 15 is 0 Å². The molecular weight excluding hydrogens is 332 g/mol. The lowest BCUT2D eigenvalue weighted by molar-refractivity contribution is -0.122. The summed E-state index contributed by atoms with van der Waals surface area (Å²) in [5.41, 5.74) is 2.45. The number of aromatic nitrogens is 2. The molecule has 0 bridgehead atoms. The molecule has 26 heavy (non-hydrogen) atoms. The van der Waals surface area contributed by atoms with Gasteiger partial charge < -0.3 is 5.32 Å². The smallest absolute Gasteiger partial charge is 0.303 e. The molecule has 1 aromatic carbocycles. The van der Waals surface area contributed by atoms with Gasteiger partial charge >= 0.3 is 6.03 Å². The highest BCUT2D eigenvalue weighted by Gasteiger charge is 2.33. The van der Waals surface area contributed by atoms with Crippen LogP contribution in [0.5, 0.6) is 0 Å².